The van der Waals surface area contributed by atoms with Gasteiger partial charge in [-0.25, -0.2) is 4.98 Å². The monoisotopic (exact) mass is 827 g/mol. The second-order valence-corrected chi connectivity index (χ2v) is 16.5. The summed E-state index contributed by atoms with van der Waals surface area (Å²) in [6.45, 7) is 4.48. The highest BCUT2D eigenvalue weighted by Gasteiger charge is 2.23. The van der Waals surface area contributed by atoms with Crippen LogP contribution in [0.25, 0.3) is 32.9 Å². The van der Waals surface area contributed by atoms with Gasteiger partial charge in [0.2, 0.25) is 0 Å². The van der Waals surface area contributed by atoms with Crippen LogP contribution in [0.4, 0.5) is 34.1 Å². The van der Waals surface area contributed by atoms with Crippen LogP contribution < -0.4 is 19.3 Å². The fraction of sp³-hybridized carbons (Fsp3) is 0.125. The highest BCUT2D eigenvalue weighted by Crippen LogP contribution is 2.44. The summed E-state index contributed by atoms with van der Waals surface area (Å²) in [4.78, 5) is 9.71. The molecule has 0 atom stereocenters. The van der Waals surface area contributed by atoms with Gasteiger partial charge in [-0.3, -0.25) is 0 Å². The summed E-state index contributed by atoms with van der Waals surface area (Å²) < 4.78 is 11.0. The molecule has 1 aromatic heterocycles. The largest absolute Gasteiger partial charge is 0.497 e. The van der Waals surface area contributed by atoms with Crippen molar-refractivity contribution in [2.75, 3.05) is 24.0 Å². The molecule has 0 spiro atoms. The van der Waals surface area contributed by atoms with Crippen LogP contribution in [0.5, 0.6) is 11.5 Å². The van der Waals surface area contributed by atoms with E-state index in [9.17, 15) is 0 Å². The van der Waals surface area contributed by atoms with Gasteiger partial charge in [0.25, 0.3) is 0 Å². The molecular weight excluding hydrogens is 782 g/mol. The van der Waals surface area contributed by atoms with Gasteiger partial charge in [-0.15, -0.1) is 0 Å². The van der Waals surface area contributed by atoms with Crippen LogP contribution in [-0.4, -0.2) is 19.2 Å². The predicted molar refractivity (Wildman–Crippen MR) is 258 cm³/mol. The van der Waals surface area contributed by atoms with Crippen molar-refractivity contribution in [3.63, 3.8) is 0 Å². The van der Waals surface area contributed by atoms with Gasteiger partial charge in [-0.1, -0.05) is 60.1 Å². The minimum atomic E-state index is 0.709. The second kappa shape index (κ2) is 16.4. The second-order valence-electron chi connectivity index (χ2n) is 16.1. The summed E-state index contributed by atoms with van der Waals surface area (Å²) in [6.07, 6.45) is 2.77. The van der Waals surface area contributed by atoms with Crippen molar-refractivity contribution in [2.45, 2.75) is 33.1 Å². The Labute approximate surface area is 368 Å². The van der Waals surface area contributed by atoms with Crippen molar-refractivity contribution >= 4 is 67.5 Å². The number of methoxy groups -OCH3 is 2. The van der Waals surface area contributed by atoms with Gasteiger partial charge in [0.05, 0.1) is 25.3 Å². The summed E-state index contributed by atoms with van der Waals surface area (Å²) >= 11 is 6.51. The van der Waals surface area contributed by atoms with Crippen LogP contribution in [0.1, 0.15) is 33.4 Å². The van der Waals surface area contributed by atoms with E-state index in [0.29, 0.717) is 5.02 Å². The van der Waals surface area contributed by atoms with Gasteiger partial charge in [-0.05, 0) is 193 Å². The minimum absolute atomic E-state index is 0.709. The highest BCUT2D eigenvalue weighted by molar-refractivity contribution is 6.30. The average molecular weight is 828 g/mol. The van der Waals surface area contributed by atoms with E-state index in [1.807, 2.05) is 36.4 Å². The molecule has 62 heavy (non-hydrogen) atoms. The van der Waals surface area contributed by atoms with Gasteiger partial charge >= 0.3 is 0 Å². The Morgan fingerprint density at radius 1 is 0.435 bits per heavy atom. The van der Waals surface area contributed by atoms with E-state index in [0.717, 1.165) is 86.7 Å². The summed E-state index contributed by atoms with van der Waals surface area (Å²) in [5, 5.41) is 3.02. The number of ether oxygens (including phenoxy) is 2. The molecule has 0 fully saturated rings. The lowest BCUT2D eigenvalue weighted by atomic mass is 9.89. The Kier molecular flexibility index (Phi) is 10.3. The summed E-state index contributed by atoms with van der Waals surface area (Å²) in [5.74, 6) is 1.64. The zero-order valence-electron chi connectivity index (χ0n) is 35.3. The molecule has 0 radical (unpaired) electrons. The topological polar surface area (TPSA) is 37.8 Å². The van der Waals surface area contributed by atoms with Crippen LogP contribution in [0.2, 0.25) is 5.02 Å². The van der Waals surface area contributed by atoms with Crippen molar-refractivity contribution in [3.05, 3.63) is 208 Å². The SMILES string of the molecule is COc1ccc(N(c2ccc(OC)cc2)c2ccc3c(c2)Cc2cc(N(c4ccc(Cl)cc4)c4cc(C)c(-c5c6ccccc6nc6ccccc56)c(C)c4)ccc2CC3)cc1. The number of nitrogens with zero attached hydrogens (tertiary/aromatic N) is 3. The summed E-state index contributed by atoms with van der Waals surface area (Å²) in [5.41, 5.74) is 18.7. The first-order chi connectivity index (χ1) is 30.3. The molecule has 6 heteroatoms. The van der Waals surface area contributed by atoms with Gasteiger partial charge in [0, 0.05) is 55.5 Å². The number of halogens is 1. The van der Waals surface area contributed by atoms with Crippen LogP contribution in [0.15, 0.2) is 170 Å². The van der Waals surface area contributed by atoms with E-state index >= 15 is 0 Å². The summed E-state index contributed by atoms with van der Waals surface area (Å²) in [7, 11) is 3.40. The van der Waals surface area contributed by atoms with Crippen molar-refractivity contribution in [1.82, 2.24) is 4.98 Å². The quantitative estimate of drug-likeness (QED) is 0.136. The molecule has 0 unspecified atom stereocenters. The maximum absolute atomic E-state index is 6.51. The van der Waals surface area contributed by atoms with E-state index in [-0.39, 0.29) is 0 Å². The number of aromatic nitrogens is 1. The first-order valence-corrected chi connectivity index (χ1v) is 21.5. The van der Waals surface area contributed by atoms with E-state index in [1.165, 1.54) is 44.5 Å². The third kappa shape index (κ3) is 7.29. The number of rotatable bonds is 9. The third-order valence-corrected chi connectivity index (χ3v) is 12.6. The minimum Gasteiger partial charge on any atom is -0.497 e. The maximum Gasteiger partial charge on any atom is 0.119 e. The molecular formula is C56H46ClN3O2. The number of aryl methyl sites for hydroxylation is 4. The first kappa shape index (κ1) is 39.1. The predicted octanol–water partition coefficient (Wildman–Crippen LogP) is 15.0. The third-order valence-electron chi connectivity index (χ3n) is 12.3. The van der Waals surface area contributed by atoms with Crippen LogP contribution in [0.3, 0.4) is 0 Å². The zero-order chi connectivity index (χ0) is 42.3. The fourth-order valence-electron chi connectivity index (χ4n) is 9.31. The molecule has 304 valence electrons. The number of fused-ring (bicyclic) bond motifs is 4. The molecule has 1 heterocycles. The Hall–Kier alpha value is -7.08. The molecule has 5 nitrogen and oxygen atoms in total. The number of anilines is 6. The van der Waals surface area contributed by atoms with Gasteiger partial charge in [0.1, 0.15) is 11.5 Å². The number of hydrogen-bond donors (Lipinski definition) is 0. The number of pyridine rings is 1. The van der Waals surface area contributed by atoms with Crippen molar-refractivity contribution in [2.24, 2.45) is 0 Å². The van der Waals surface area contributed by atoms with Gasteiger partial charge < -0.3 is 19.3 Å². The number of para-hydroxylation sites is 2. The molecule has 10 rings (SSSR count). The lowest BCUT2D eigenvalue weighted by Gasteiger charge is -2.28. The Morgan fingerprint density at radius 2 is 0.855 bits per heavy atom. The Bertz CT molecular complexity index is 2980. The fourth-order valence-corrected chi connectivity index (χ4v) is 9.44. The van der Waals surface area contributed by atoms with Crippen molar-refractivity contribution < 1.29 is 9.47 Å². The molecule has 0 amide bonds. The highest BCUT2D eigenvalue weighted by atomic mass is 35.5. The lowest BCUT2D eigenvalue weighted by Crippen LogP contribution is -2.12. The summed E-state index contributed by atoms with van der Waals surface area (Å²) in [6, 6.07) is 60.3. The molecule has 0 bridgehead atoms. The van der Waals surface area contributed by atoms with Gasteiger partial charge in [0.15, 0.2) is 0 Å². The van der Waals surface area contributed by atoms with E-state index in [2.05, 4.69) is 157 Å². The molecule has 1 aliphatic rings. The van der Waals surface area contributed by atoms with E-state index < -0.39 is 0 Å². The number of hydrogen-bond acceptors (Lipinski definition) is 5. The Balaban J connectivity index is 1.06. The zero-order valence-corrected chi connectivity index (χ0v) is 36.1. The van der Waals surface area contributed by atoms with E-state index in [4.69, 9.17) is 26.1 Å². The Morgan fingerprint density at radius 3 is 1.32 bits per heavy atom. The maximum atomic E-state index is 6.51. The molecule has 1 aliphatic carbocycles. The molecule has 0 N–H and O–H groups in total. The van der Waals surface area contributed by atoms with Gasteiger partial charge in [-0.2, -0.15) is 0 Å². The normalized spacial score (nSPS) is 12.1. The molecule has 8 aromatic carbocycles. The molecule has 9 aromatic rings. The molecule has 0 saturated carbocycles. The number of benzene rings is 8. The van der Waals surface area contributed by atoms with Crippen LogP contribution in [-0.2, 0) is 19.3 Å². The average Bonchev–Trinajstić information content (AvgIpc) is 3.48. The van der Waals surface area contributed by atoms with Crippen molar-refractivity contribution in [3.8, 4) is 22.6 Å². The van der Waals surface area contributed by atoms with Crippen LogP contribution >= 0.6 is 11.6 Å². The molecule has 0 aliphatic heterocycles. The van der Waals surface area contributed by atoms with Crippen molar-refractivity contribution in [1.29, 1.82) is 0 Å². The smallest absolute Gasteiger partial charge is 0.119 e. The first-order valence-electron chi connectivity index (χ1n) is 21.1. The lowest BCUT2D eigenvalue weighted by molar-refractivity contribution is 0.415. The van der Waals surface area contributed by atoms with Crippen LogP contribution in [0, 0.1) is 13.8 Å². The standard InChI is InChI=1S/C56H46ClN3O2/c1-36-31-48(32-37(2)55(36)56-51-9-5-7-11-53(51)58-54-12-8-6-10-52(54)56)60(43-21-17-42(57)18-22-43)47-20-16-39-14-13-38-15-19-46(34-40(38)33-41(39)35-47)59(44-23-27-49(61-3)28-24-44)45-25-29-50(62-4)30-26-45/h5-12,15-32,34-35H,13-14,33H2,1-4H3. The van der Waals surface area contributed by atoms with E-state index in [1.54, 1.807) is 14.2 Å². The molecule has 0 saturated heterocycles.